The van der Waals surface area contributed by atoms with Crippen LogP contribution < -0.4 is 5.32 Å². The first-order valence-electron chi connectivity index (χ1n) is 4.45. The third-order valence-electron chi connectivity index (χ3n) is 1.75. The van der Waals surface area contributed by atoms with Crippen LogP contribution in [0.15, 0.2) is 34.6 Å². The van der Waals surface area contributed by atoms with Crippen LogP contribution in [0.5, 0.6) is 0 Å². The van der Waals surface area contributed by atoms with Crippen LogP contribution in [-0.4, -0.2) is 12.0 Å². The van der Waals surface area contributed by atoms with Crippen molar-refractivity contribution in [1.82, 2.24) is 5.32 Å². The van der Waals surface area contributed by atoms with E-state index in [9.17, 15) is 18.0 Å². The van der Waals surface area contributed by atoms with E-state index in [1.807, 2.05) is 0 Å². The van der Waals surface area contributed by atoms with E-state index < -0.39 is 12.0 Å². The minimum absolute atomic E-state index is 0.138. The Hall–Kier alpha value is -1.72. The molecule has 0 bridgehead atoms. The van der Waals surface area contributed by atoms with Crippen molar-refractivity contribution in [2.75, 3.05) is 0 Å². The fourth-order valence-corrected chi connectivity index (χ4v) is 0.969. The third kappa shape index (κ3) is 3.80. The van der Waals surface area contributed by atoms with E-state index >= 15 is 0 Å². The molecule has 0 aliphatic carbocycles. The summed E-state index contributed by atoms with van der Waals surface area (Å²) >= 11 is 0. The van der Waals surface area contributed by atoms with Crippen LogP contribution in [0.2, 0.25) is 0 Å². The molecule has 0 aromatic carbocycles. The van der Waals surface area contributed by atoms with Gasteiger partial charge in [-0.3, -0.25) is 4.79 Å². The standard InChI is InChI=1S/C10H10F3NO2/c1-7(5-9(15)10(11,12)13)14-6-8-3-2-4-16-8/h2-5,14H,6H2,1H3/b7-5-. The van der Waals surface area contributed by atoms with Gasteiger partial charge in [0, 0.05) is 11.8 Å². The van der Waals surface area contributed by atoms with Gasteiger partial charge in [-0.05, 0) is 19.1 Å². The molecule has 0 unspecified atom stereocenters. The molecule has 1 N–H and O–H groups in total. The maximum absolute atomic E-state index is 11.9. The van der Waals surface area contributed by atoms with Gasteiger partial charge in [0.25, 0.3) is 5.78 Å². The molecule has 88 valence electrons. The van der Waals surface area contributed by atoms with Gasteiger partial charge in [-0.25, -0.2) is 0 Å². The van der Waals surface area contributed by atoms with E-state index in [2.05, 4.69) is 5.32 Å². The molecule has 1 aromatic rings. The maximum atomic E-state index is 11.9. The summed E-state index contributed by atoms with van der Waals surface area (Å²) < 4.78 is 40.6. The van der Waals surface area contributed by atoms with E-state index in [4.69, 9.17) is 4.42 Å². The summed E-state index contributed by atoms with van der Waals surface area (Å²) in [5, 5.41) is 2.63. The molecule has 1 heterocycles. The van der Waals surface area contributed by atoms with Crippen LogP contribution in [0.3, 0.4) is 0 Å². The highest BCUT2D eigenvalue weighted by atomic mass is 19.4. The monoisotopic (exact) mass is 233 g/mol. The van der Waals surface area contributed by atoms with E-state index in [0.29, 0.717) is 11.8 Å². The van der Waals surface area contributed by atoms with Crippen molar-refractivity contribution < 1.29 is 22.4 Å². The highest BCUT2D eigenvalue weighted by Gasteiger charge is 2.36. The lowest BCUT2D eigenvalue weighted by Crippen LogP contribution is -2.22. The Kier molecular flexibility index (Phi) is 3.76. The molecule has 0 amide bonds. The van der Waals surface area contributed by atoms with Crippen LogP contribution in [0.4, 0.5) is 13.2 Å². The van der Waals surface area contributed by atoms with Crippen LogP contribution in [0, 0.1) is 0 Å². The number of rotatable bonds is 4. The molecular formula is C10H10F3NO2. The van der Waals surface area contributed by atoms with Gasteiger partial charge in [0.1, 0.15) is 5.76 Å². The summed E-state index contributed by atoms with van der Waals surface area (Å²) in [6.07, 6.45) is -2.85. The maximum Gasteiger partial charge on any atom is 0.454 e. The number of ketones is 1. The smallest absolute Gasteiger partial charge is 0.454 e. The average Bonchev–Trinajstić information content (AvgIpc) is 2.65. The molecule has 0 aliphatic rings. The van der Waals surface area contributed by atoms with Crippen molar-refractivity contribution in [3.63, 3.8) is 0 Å². The van der Waals surface area contributed by atoms with E-state index in [1.54, 1.807) is 12.1 Å². The number of alkyl halides is 3. The zero-order chi connectivity index (χ0) is 12.2. The van der Waals surface area contributed by atoms with Gasteiger partial charge in [0.2, 0.25) is 0 Å². The van der Waals surface area contributed by atoms with Gasteiger partial charge in [0.05, 0.1) is 12.8 Å². The van der Waals surface area contributed by atoms with E-state index in [0.717, 1.165) is 0 Å². The number of nitrogens with one attached hydrogen (secondary N) is 1. The van der Waals surface area contributed by atoms with Crippen molar-refractivity contribution >= 4 is 5.78 Å². The number of carbonyl (C=O) groups is 1. The summed E-state index contributed by atoms with van der Waals surface area (Å²) in [7, 11) is 0. The minimum atomic E-state index is -4.83. The number of hydrogen-bond donors (Lipinski definition) is 1. The van der Waals surface area contributed by atoms with Gasteiger partial charge < -0.3 is 9.73 Å². The second-order valence-electron chi connectivity index (χ2n) is 3.12. The number of furan rings is 1. The average molecular weight is 233 g/mol. The molecule has 3 nitrogen and oxygen atoms in total. The molecule has 0 spiro atoms. The second kappa shape index (κ2) is 4.87. The quantitative estimate of drug-likeness (QED) is 0.812. The number of carbonyl (C=O) groups excluding carboxylic acids is 1. The van der Waals surface area contributed by atoms with Crippen LogP contribution in [-0.2, 0) is 11.3 Å². The summed E-state index contributed by atoms with van der Waals surface area (Å²) in [5.41, 5.74) is 0.138. The van der Waals surface area contributed by atoms with Crippen LogP contribution >= 0.6 is 0 Å². The van der Waals surface area contributed by atoms with Gasteiger partial charge in [0.15, 0.2) is 0 Å². The largest absolute Gasteiger partial charge is 0.467 e. The summed E-state index contributed by atoms with van der Waals surface area (Å²) in [4.78, 5) is 10.6. The molecule has 16 heavy (non-hydrogen) atoms. The van der Waals surface area contributed by atoms with Gasteiger partial charge in [-0.2, -0.15) is 13.2 Å². The topological polar surface area (TPSA) is 42.2 Å². The second-order valence-corrected chi connectivity index (χ2v) is 3.12. The highest BCUT2D eigenvalue weighted by Crippen LogP contribution is 2.17. The van der Waals surface area contributed by atoms with Crippen molar-refractivity contribution in [3.8, 4) is 0 Å². The van der Waals surface area contributed by atoms with Gasteiger partial charge >= 0.3 is 6.18 Å². The zero-order valence-corrected chi connectivity index (χ0v) is 8.47. The molecule has 1 rings (SSSR count). The predicted molar refractivity (Wildman–Crippen MR) is 50.4 cm³/mol. The fourth-order valence-electron chi connectivity index (χ4n) is 0.969. The molecule has 0 fully saturated rings. The molecule has 0 atom stereocenters. The van der Waals surface area contributed by atoms with Gasteiger partial charge in [-0.1, -0.05) is 0 Å². The van der Waals surface area contributed by atoms with Crippen molar-refractivity contribution in [2.45, 2.75) is 19.6 Å². The Morgan fingerprint density at radius 2 is 2.25 bits per heavy atom. The summed E-state index contributed by atoms with van der Waals surface area (Å²) in [6, 6.07) is 3.34. The van der Waals surface area contributed by atoms with Crippen LogP contribution in [0.1, 0.15) is 12.7 Å². The fraction of sp³-hybridized carbons (Fsp3) is 0.300. The molecule has 0 saturated heterocycles. The lowest BCUT2D eigenvalue weighted by atomic mass is 10.3. The van der Waals surface area contributed by atoms with Crippen LogP contribution in [0.25, 0.3) is 0 Å². The molecule has 0 saturated carbocycles. The number of allylic oxidation sites excluding steroid dienone is 2. The molecular weight excluding hydrogens is 223 g/mol. The molecule has 1 aromatic heterocycles. The van der Waals surface area contributed by atoms with Gasteiger partial charge in [-0.15, -0.1) is 0 Å². The first-order chi connectivity index (χ1) is 7.39. The zero-order valence-electron chi connectivity index (χ0n) is 8.47. The minimum Gasteiger partial charge on any atom is -0.467 e. The SMILES string of the molecule is C/C(=C/C(=O)C(F)(F)F)NCc1ccco1. The summed E-state index contributed by atoms with van der Waals surface area (Å²) in [5.74, 6) is -1.30. The Bertz CT molecular complexity index is 379. The third-order valence-corrected chi connectivity index (χ3v) is 1.75. The molecule has 0 aliphatic heterocycles. The normalized spacial score (nSPS) is 12.6. The highest BCUT2D eigenvalue weighted by molar-refractivity contribution is 5.94. The van der Waals surface area contributed by atoms with Crippen molar-refractivity contribution in [3.05, 3.63) is 35.9 Å². The Labute approximate surface area is 89.9 Å². The van der Waals surface area contributed by atoms with E-state index in [1.165, 1.54) is 13.2 Å². The van der Waals surface area contributed by atoms with E-state index in [-0.39, 0.29) is 12.2 Å². The first-order valence-corrected chi connectivity index (χ1v) is 4.45. The number of hydrogen-bond acceptors (Lipinski definition) is 3. The summed E-state index contributed by atoms with van der Waals surface area (Å²) in [6.45, 7) is 1.62. The Morgan fingerprint density at radius 3 is 2.75 bits per heavy atom. The lowest BCUT2D eigenvalue weighted by molar-refractivity contribution is -0.165. The Balaban J connectivity index is 2.49. The Morgan fingerprint density at radius 1 is 1.56 bits per heavy atom. The first kappa shape index (κ1) is 12.4. The molecule has 6 heteroatoms. The number of halogens is 3. The molecule has 0 radical (unpaired) electrons. The predicted octanol–water partition coefficient (Wildman–Crippen LogP) is 2.40. The van der Waals surface area contributed by atoms with Crippen molar-refractivity contribution in [1.29, 1.82) is 0 Å². The van der Waals surface area contributed by atoms with Crippen molar-refractivity contribution in [2.24, 2.45) is 0 Å². The lowest BCUT2D eigenvalue weighted by Gasteiger charge is -2.05.